The molecule has 0 unspecified atom stereocenters. The van der Waals surface area contributed by atoms with Crippen molar-refractivity contribution in [1.29, 1.82) is 0 Å². The summed E-state index contributed by atoms with van der Waals surface area (Å²) in [6.45, 7) is 15.1. The van der Waals surface area contributed by atoms with Crippen LogP contribution in [0.5, 0.6) is 0 Å². The van der Waals surface area contributed by atoms with Crippen LogP contribution in [0.25, 0.3) is 0 Å². The number of thiocarbonyl (C=S) groups is 2. The molecule has 9 heteroatoms. The standard InChI is InChI=1S/2C7H14N2S2.Zn/c2*1-2-8-3-5-9(6-4-8)7(10)11;/h2*2-6H2,1H3,(H,10,11);/q;;+2/p-2. The van der Waals surface area contributed by atoms with Gasteiger partial charge in [0, 0.05) is 52.4 Å². The summed E-state index contributed by atoms with van der Waals surface area (Å²) in [7, 11) is 0. The SMILES string of the molecule is CCN1CCN(C(=S)[S-])CC1.CCN1CCN(C(=S)[S-])CC1.[Zn+2]. The maximum Gasteiger partial charge on any atom is 2.00 e. The molecule has 0 atom stereocenters. The fourth-order valence-electron chi connectivity index (χ4n) is 2.49. The molecule has 23 heavy (non-hydrogen) atoms. The van der Waals surface area contributed by atoms with Crippen molar-refractivity contribution < 1.29 is 19.5 Å². The van der Waals surface area contributed by atoms with Crippen molar-refractivity contribution in [2.75, 3.05) is 65.4 Å². The van der Waals surface area contributed by atoms with Crippen molar-refractivity contribution in [3.05, 3.63) is 0 Å². The minimum absolute atomic E-state index is 0. The molecule has 2 fully saturated rings. The molecule has 0 aliphatic carbocycles. The van der Waals surface area contributed by atoms with E-state index in [1.54, 1.807) is 0 Å². The Morgan fingerprint density at radius 2 is 0.957 bits per heavy atom. The summed E-state index contributed by atoms with van der Waals surface area (Å²) < 4.78 is 1.25. The summed E-state index contributed by atoms with van der Waals surface area (Å²) in [5, 5.41) is 0. The van der Waals surface area contributed by atoms with Crippen LogP contribution in [0.4, 0.5) is 0 Å². The van der Waals surface area contributed by atoms with Crippen LogP contribution < -0.4 is 0 Å². The third kappa shape index (κ3) is 9.14. The Labute approximate surface area is 175 Å². The maximum absolute atomic E-state index is 4.91. The first-order chi connectivity index (χ1) is 10.5. The molecule has 2 heterocycles. The van der Waals surface area contributed by atoms with E-state index in [9.17, 15) is 0 Å². The average Bonchev–Trinajstić information content (AvgIpc) is 2.55. The molecule has 0 saturated carbocycles. The van der Waals surface area contributed by atoms with Crippen LogP contribution in [0.3, 0.4) is 0 Å². The van der Waals surface area contributed by atoms with Crippen molar-refractivity contribution in [2.24, 2.45) is 0 Å². The van der Waals surface area contributed by atoms with Gasteiger partial charge in [-0.1, -0.05) is 22.5 Å². The molecule has 2 rings (SSSR count). The second-order valence-corrected chi connectivity index (χ2v) is 7.44. The van der Waals surface area contributed by atoms with Gasteiger partial charge in [-0.2, -0.15) is 0 Å². The second-order valence-electron chi connectivity index (χ2n) is 5.37. The van der Waals surface area contributed by atoms with Gasteiger partial charge in [0.05, 0.1) is 0 Å². The Morgan fingerprint density at radius 1 is 0.696 bits per heavy atom. The fourth-order valence-corrected chi connectivity index (χ4v) is 3.22. The molecule has 0 aromatic carbocycles. The second kappa shape index (κ2) is 13.0. The molecule has 4 nitrogen and oxygen atoms in total. The third-order valence-electron chi connectivity index (χ3n) is 4.16. The van der Waals surface area contributed by atoms with Gasteiger partial charge in [0.15, 0.2) is 0 Å². The first kappa shape index (κ1) is 23.8. The van der Waals surface area contributed by atoms with Crippen molar-refractivity contribution in [1.82, 2.24) is 19.6 Å². The van der Waals surface area contributed by atoms with Gasteiger partial charge in [0.2, 0.25) is 0 Å². The Hall–Kier alpha value is 0.763. The Bertz CT molecular complexity index is 323. The molecule has 0 spiro atoms. The monoisotopic (exact) mass is 442 g/mol. The first-order valence-electron chi connectivity index (χ1n) is 7.84. The van der Waals surface area contributed by atoms with Crippen LogP contribution in [0, 0.1) is 0 Å². The van der Waals surface area contributed by atoms with E-state index < -0.39 is 0 Å². The van der Waals surface area contributed by atoms with Crippen molar-refractivity contribution >= 4 is 58.3 Å². The molecule has 2 aliphatic rings. The quantitative estimate of drug-likeness (QED) is 0.350. The van der Waals surface area contributed by atoms with Gasteiger partial charge in [-0.3, -0.25) is 0 Å². The number of piperazine rings is 2. The summed E-state index contributed by atoms with van der Waals surface area (Å²) >= 11 is 19.7. The van der Waals surface area contributed by atoms with Gasteiger partial charge in [-0.05, 0) is 13.1 Å². The van der Waals surface area contributed by atoms with Crippen LogP contribution in [0.1, 0.15) is 13.8 Å². The molecule has 2 saturated heterocycles. The third-order valence-corrected chi connectivity index (χ3v) is 5.19. The number of hydrogen-bond acceptors (Lipinski definition) is 6. The van der Waals surface area contributed by atoms with E-state index in [0.29, 0.717) is 8.64 Å². The largest absolute Gasteiger partial charge is 2.00 e. The zero-order valence-corrected chi connectivity index (χ0v) is 20.4. The molecule has 0 bridgehead atoms. The van der Waals surface area contributed by atoms with Gasteiger partial charge >= 0.3 is 19.5 Å². The van der Waals surface area contributed by atoms with E-state index in [1.165, 1.54) is 0 Å². The number of rotatable bonds is 2. The van der Waals surface area contributed by atoms with Crippen LogP contribution in [0.2, 0.25) is 0 Å². The van der Waals surface area contributed by atoms with E-state index in [4.69, 9.17) is 49.7 Å². The van der Waals surface area contributed by atoms with Crippen molar-refractivity contribution in [3.63, 3.8) is 0 Å². The van der Waals surface area contributed by atoms with Gasteiger partial charge in [-0.25, -0.2) is 0 Å². The summed E-state index contributed by atoms with van der Waals surface area (Å²) in [4.78, 5) is 9.00. The molecule has 0 N–H and O–H groups in total. The topological polar surface area (TPSA) is 13.0 Å². The zero-order chi connectivity index (χ0) is 16.5. The van der Waals surface area contributed by atoms with E-state index >= 15 is 0 Å². The minimum atomic E-state index is 0. The van der Waals surface area contributed by atoms with Crippen molar-refractivity contribution in [3.8, 4) is 0 Å². The van der Waals surface area contributed by atoms with E-state index in [0.717, 1.165) is 65.4 Å². The Morgan fingerprint density at radius 3 is 1.13 bits per heavy atom. The summed E-state index contributed by atoms with van der Waals surface area (Å²) in [5.41, 5.74) is 0. The molecule has 0 aromatic rings. The van der Waals surface area contributed by atoms with E-state index in [-0.39, 0.29) is 19.5 Å². The van der Waals surface area contributed by atoms with Crippen molar-refractivity contribution in [2.45, 2.75) is 13.8 Å². The molecule has 2 aliphatic heterocycles. The fraction of sp³-hybridized carbons (Fsp3) is 0.857. The summed E-state index contributed by atoms with van der Waals surface area (Å²) in [6, 6.07) is 0. The summed E-state index contributed by atoms with van der Waals surface area (Å²) in [6.07, 6.45) is 0. The predicted octanol–water partition coefficient (Wildman–Crippen LogP) is 0.909. The van der Waals surface area contributed by atoms with Crippen LogP contribution in [0.15, 0.2) is 0 Å². The number of nitrogens with zero attached hydrogens (tertiary/aromatic N) is 4. The smallest absolute Gasteiger partial charge is 0.411 e. The molecule has 128 valence electrons. The van der Waals surface area contributed by atoms with Crippen LogP contribution >= 0.6 is 24.4 Å². The molecule has 0 amide bonds. The molecule has 0 aromatic heterocycles. The minimum Gasteiger partial charge on any atom is -0.411 e. The maximum atomic E-state index is 4.91. The van der Waals surface area contributed by atoms with Gasteiger partial charge in [0.1, 0.15) is 0 Å². The van der Waals surface area contributed by atoms with Crippen LogP contribution in [-0.2, 0) is 44.7 Å². The molecule has 0 radical (unpaired) electrons. The van der Waals surface area contributed by atoms with Gasteiger partial charge < -0.3 is 69.3 Å². The first-order valence-corrected chi connectivity index (χ1v) is 9.47. The Kier molecular flexibility index (Phi) is 13.5. The zero-order valence-electron chi connectivity index (χ0n) is 14.2. The Balaban J connectivity index is 0.000000403. The van der Waals surface area contributed by atoms with E-state index in [1.807, 2.05) is 0 Å². The van der Waals surface area contributed by atoms with Gasteiger partial charge in [0.25, 0.3) is 0 Å². The average molecular weight is 444 g/mol. The normalized spacial score (nSPS) is 19.4. The number of hydrogen-bond donors (Lipinski definition) is 0. The molecular weight excluding hydrogens is 418 g/mol. The van der Waals surface area contributed by atoms with Crippen LogP contribution in [-0.4, -0.2) is 93.7 Å². The number of likely N-dealkylation sites (N-methyl/N-ethyl adjacent to an activating group) is 2. The summed E-state index contributed by atoms with van der Waals surface area (Å²) in [5.74, 6) is 0. The molecular formula is C14H26N4S4Zn. The predicted molar refractivity (Wildman–Crippen MR) is 107 cm³/mol. The van der Waals surface area contributed by atoms with Gasteiger partial charge in [-0.15, -0.1) is 0 Å². The van der Waals surface area contributed by atoms with E-state index in [2.05, 4.69) is 33.4 Å².